The summed E-state index contributed by atoms with van der Waals surface area (Å²) in [6.07, 6.45) is 7.58. The largest absolute Gasteiger partial charge is 0.497 e. The SMILES string of the molecule is COC1=CC(C)C2N=C(/C=C/C#Cc3ccc(N)nc3F)SC2=C1. The first-order valence-electron chi connectivity index (χ1n) is 7.40. The molecule has 0 fully saturated rings. The van der Waals surface area contributed by atoms with Crippen molar-refractivity contribution in [1.82, 2.24) is 4.98 Å². The fourth-order valence-electron chi connectivity index (χ4n) is 2.42. The molecule has 2 atom stereocenters. The fourth-order valence-corrected chi connectivity index (χ4v) is 3.52. The number of nitrogens with zero attached hydrogens (tertiary/aromatic N) is 2. The summed E-state index contributed by atoms with van der Waals surface area (Å²) in [5.74, 6) is 6.15. The van der Waals surface area contributed by atoms with E-state index in [1.54, 1.807) is 24.9 Å². The Morgan fingerprint density at radius 1 is 1.42 bits per heavy atom. The molecule has 0 radical (unpaired) electrons. The van der Waals surface area contributed by atoms with E-state index in [4.69, 9.17) is 10.5 Å². The Balaban J connectivity index is 1.69. The maximum absolute atomic E-state index is 13.5. The van der Waals surface area contributed by atoms with E-state index in [-0.39, 0.29) is 17.4 Å². The Bertz CT molecular complexity index is 846. The number of aromatic nitrogens is 1. The van der Waals surface area contributed by atoms with Crippen molar-refractivity contribution in [2.75, 3.05) is 12.8 Å². The summed E-state index contributed by atoms with van der Waals surface area (Å²) in [5, 5.41) is 0.883. The maximum atomic E-state index is 13.5. The predicted molar refractivity (Wildman–Crippen MR) is 95.8 cm³/mol. The molecule has 1 aliphatic heterocycles. The van der Waals surface area contributed by atoms with Crippen molar-refractivity contribution in [3.05, 3.63) is 58.6 Å². The minimum absolute atomic E-state index is 0.138. The lowest BCUT2D eigenvalue weighted by molar-refractivity contribution is 0.298. The van der Waals surface area contributed by atoms with Crippen LogP contribution in [0.3, 0.4) is 0 Å². The first-order chi connectivity index (χ1) is 11.6. The van der Waals surface area contributed by atoms with Gasteiger partial charge in [0, 0.05) is 10.8 Å². The van der Waals surface area contributed by atoms with Crippen LogP contribution in [0.25, 0.3) is 0 Å². The molecule has 2 heterocycles. The second-order valence-electron chi connectivity index (χ2n) is 5.37. The summed E-state index contributed by atoms with van der Waals surface area (Å²) in [6, 6.07) is 3.17. The molecule has 0 saturated carbocycles. The first-order valence-corrected chi connectivity index (χ1v) is 8.21. The van der Waals surface area contributed by atoms with Gasteiger partial charge in [-0.2, -0.15) is 4.39 Å². The molecule has 2 unspecified atom stereocenters. The Morgan fingerprint density at radius 2 is 2.25 bits per heavy atom. The first kappa shape index (κ1) is 16.3. The number of allylic oxidation sites excluding steroid dienone is 2. The van der Waals surface area contributed by atoms with E-state index in [2.05, 4.69) is 34.8 Å². The molecule has 1 aromatic rings. The van der Waals surface area contributed by atoms with E-state index < -0.39 is 5.95 Å². The number of thioether (sulfide) groups is 1. The lowest BCUT2D eigenvalue weighted by Gasteiger charge is -2.20. The van der Waals surface area contributed by atoms with Crippen molar-refractivity contribution in [3.63, 3.8) is 0 Å². The summed E-state index contributed by atoms with van der Waals surface area (Å²) in [7, 11) is 1.66. The lowest BCUT2D eigenvalue weighted by atomic mass is 9.96. The van der Waals surface area contributed by atoms with Crippen LogP contribution in [0.2, 0.25) is 0 Å². The molecule has 0 amide bonds. The smallest absolute Gasteiger partial charge is 0.230 e. The lowest BCUT2D eigenvalue weighted by Crippen LogP contribution is -2.16. The number of hydrogen-bond donors (Lipinski definition) is 1. The average Bonchev–Trinajstić information content (AvgIpc) is 2.96. The van der Waals surface area contributed by atoms with Gasteiger partial charge in [0.05, 0.1) is 23.8 Å². The Kier molecular flexibility index (Phi) is 4.72. The molecule has 2 aliphatic rings. The number of rotatable bonds is 2. The number of nitrogens with two attached hydrogens (primary N) is 1. The van der Waals surface area contributed by atoms with Crippen LogP contribution in [0.4, 0.5) is 10.2 Å². The van der Waals surface area contributed by atoms with Crippen LogP contribution in [0.15, 0.2) is 52.1 Å². The third-order valence-electron chi connectivity index (χ3n) is 3.61. The molecule has 1 aliphatic carbocycles. The van der Waals surface area contributed by atoms with E-state index >= 15 is 0 Å². The van der Waals surface area contributed by atoms with Gasteiger partial charge in [0.15, 0.2) is 0 Å². The number of aliphatic imine (C=N–C) groups is 1. The number of nitrogen functional groups attached to an aromatic ring is 1. The van der Waals surface area contributed by atoms with Crippen LogP contribution in [0, 0.1) is 23.7 Å². The van der Waals surface area contributed by atoms with Gasteiger partial charge >= 0.3 is 0 Å². The molecule has 1 aromatic heterocycles. The standard InChI is InChI=1S/C18H16FN3OS/c1-11-9-13(23-2)10-14-17(11)22-16(24-14)6-4-3-5-12-7-8-15(20)21-18(12)19/h4,6-11,17H,1-2H3,(H2,20,21)/b6-4+. The minimum atomic E-state index is -0.661. The predicted octanol–water partition coefficient (Wildman–Crippen LogP) is 3.29. The Morgan fingerprint density at radius 3 is 3.00 bits per heavy atom. The van der Waals surface area contributed by atoms with Crippen LogP contribution >= 0.6 is 11.8 Å². The highest BCUT2D eigenvalue weighted by Crippen LogP contribution is 2.39. The van der Waals surface area contributed by atoms with Gasteiger partial charge in [-0.3, -0.25) is 4.99 Å². The van der Waals surface area contributed by atoms with Gasteiger partial charge in [-0.15, -0.1) is 0 Å². The van der Waals surface area contributed by atoms with Crippen molar-refractivity contribution in [2.45, 2.75) is 13.0 Å². The highest BCUT2D eigenvalue weighted by Gasteiger charge is 2.30. The van der Waals surface area contributed by atoms with Crippen LogP contribution in [0.5, 0.6) is 0 Å². The third-order valence-corrected chi connectivity index (χ3v) is 4.66. The fraction of sp³-hybridized carbons (Fsp3) is 0.222. The molecular formula is C18H16FN3OS. The van der Waals surface area contributed by atoms with Gasteiger partial charge in [0.1, 0.15) is 11.6 Å². The summed E-state index contributed by atoms with van der Waals surface area (Å²) in [4.78, 5) is 9.39. The number of methoxy groups -OCH3 is 1. The van der Waals surface area contributed by atoms with Crippen molar-refractivity contribution >= 4 is 22.6 Å². The van der Waals surface area contributed by atoms with Gasteiger partial charge in [-0.05, 0) is 36.4 Å². The molecule has 3 rings (SSSR count). The van der Waals surface area contributed by atoms with Gasteiger partial charge in [0.2, 0.25) is 5.95 Å². The molecule has 0 aromatic carbocycles. The zero-order valence-electron chi connectivity index (χ0n) is 13.3. The number of ether oxygens (including phenoxy) is 1. The molecule has 6 heteroatoms. The van der Waals surface area contributed by atoms with Crippen LogP contribution < -0.4 is 5.73 Å². The molecule has 0 bridgehead atoms. The molecular weight excluding hydrogens is 325 g/mol. The highest BCUT2D eigenvalue weighted by molar-refractivity contribution is 8.18. The van der Waals surface area contributed by atoms with E-state index in [0.29, 0.717) is 5.92 Å². The van der Waals surface area contributed by atoms with Gasteiger partial charge in [0.25, 0.3) is 0 Å². The minimum Gasteiger partial charge on any atom is -0.497 e. The number of pyridine rings is 1. The topological polar surface area (TPSA) is 60.5 Å². The normalized spacial score (nSPS) is 22.2. The van der Waals surface area contributed by atoms with Gasteiger partial charge in [-0.25, -0.2) is 4.98 Å². The zero-order valence-corrected chi connectivity index (χ0v) is 14.1. The van der Waals surface area contributed by atoms with Crippen molar-refractivity contribution in [1.29, 1.82) is 0 Å². The summed E-state index contributed by atoms with van der Waals surface area (Å²) in [6.45, 7) is 2.12. The molecule has 122 valence electrons. The molecule has 24 heavy (non-hydrogen) atoms. The zero-order chi connectivity index (χ0) is 17.1. The highest BCUT2D eigenvalue weighted by atomic mass is 32.2. The van der Waals surface area contributed by atoms with Crippen molar-refractivity contribution in [2.24, 2.45) is 10.9 Å². The monoisotopic (exact) mass is 341 g/mol. The Labute approximate surface area is 144 Å². The van der Waals surface area contributed by atoms with Crippen LogP contribution in [0.1, 0.15) is 12.5 Å². The van der Waals surface area contributed by atoms with Gasteiger partial charge < -0.3 is 10.5 Å². The summed E-state index contributed by atoms with van der Waals surface area (Å²) < 4.78 is 18.8. The second-order valence-corrected chi connectivity index (χ2v) is 6.46. The molecule has 2 N–H and O–H groups in total. The third kappa shape index (κ3) is 3.52. The van der Waals surface area contributed by atoms with Gasteiger partial charge in [-0.1, -0.05) is 30.5 Å². The van der Waals surface area contributed by atoms with E-state index in [1.807, 2.05) is 12.2 Å². The van der Waals surface area contributed by atoms with Crippen LogP contribution in [-0.4, -0.2) is 23.2 Å². The van der Waals surface area contributed by atoms with Crippen molar-refractivity contribution < 1.29 is 9.13 Å². The Hall–Kier alpha value is -2.52. The number of hydrogen-bond acceptors (Lipinski definition) is 5. The summed E-state index contributed by atoms with van der Waals surface area (Å²) in [5.41, 5.74) is 5.62. The second kappa shape index (κ2) is 6.93. The molecule has 4 nitrogen and oxygen atoms in total. The number of halogens is 1. The number of fused-ring (bicyclic) bond motifs is 1. The quantitative estimate of drug-likeness (QED) is 0.662. The molecule has 0 saturated heterocycles. The maximum Gasteiger partial charge on any atom is 0.230 e. The van der Waals surface area contributed by atoms with Crippen molar-refractivity contribution in [3.8, 4) is 11.8 Å². The van der Waals surface area contributed by atoms with Crippen LogP contribution in [-0.2, 0) is 4.74 Å². The summed E-state index contributed by atoms with van der Waals surface area (Å²) >= 11 is 1.60. The molecule has 0 spiro atoms. The van der Waals surface area contributed by atoms with E-state index in [0.717, 1.165) is 10.8 Å². The van der Waals surface area contributed by atoms with E-state index in [1.165, 1.54) is 17.0 Å². The van der Waals surface area contributed by atoms with E-state index in [9.17, 15) is 4.39 Å². The average molecular weight is 341 g/mol. The number of anilines is 1.